The molecular formula is C49H33N5. The van der Waals surface area contributed by atoms with Gasteiger partial charge < -0.3 is 9.80 Å². The van der Waals surface area contributed by atoms with Crippen LogP contribution in [0.15, 0.2) is 200 Å². The minimum Gasteiger partial charge on any atom is -0.310 e. The molecule has 0 amide bonds. The lowest BCUT2D eigenvalue weighted by Crippen LogP contribution is -2.16. The molecule has 1 aliphatic heterocycles. The Morgan fingerprint density at radius 2 is 0.870 bits per heavy atom. The molecule has 0 saturated heterocycles. The summed E-state index contributed by atoms with van der Waals surface area (Å²) in [5.74, 6) is 1.91. The molecule has 9 aromatic rings. The molecule has 0 saturated carbocycles. The van der Waals surface area contributed by atoms with E-state index in [0.717, 1.165) is 67.3 Å². The predicted molar refractivity (Wildman–Crippen MR) is 222 cm³/mol. The second-order valence-electron chi connectivity index (χ2n) is 13.3. The average Bonchev–Trinajstić information content (AvgIpc) is 3.26. The largest absolute Gasteiger partial charge is 0.310 e. The van der Waals surface area contributed by atoms with Gasteiger partial charge in [0, 0.05) is 50.1 Å². The van der Waals surface area contributed by atoms with Crippen LogP contribution < -0.4 is 9.80 Å². The van der Waals surface area contributed by atoms with Crippen LogP contribution >= 0.6 is 0 Å². The van der Waals surface area contributed by atoms with Crippen molar-refractivity contribution >= 4 is 44.9 Å². The van der Waals surface area contributed by atoms with E-state index in [4.69, 9.17) is 15.0 Å². The second kappa shape index (κ2) is 13.3. The van der Waals surface area contributed by atoms with Gasteiger partial charge in [0.25, 0.3) is 0 Å². The van der Waals surface area contributed by atoms with Gasteiger partial charge in [0.05, 0.1) is 17.1 Å². The average molecular weight is 692 g/mol. The van der Waals surface area contributed by atoms with Gasteiger partial charge in [-0.2, -0.15) is 0 Å². The van der Waals surface area contributed by atoms with E-state index in [1.165, 1.54) is 5.39 Å². The lowest BCUT2D eigenvalue weighted by molar-refractivity contribution is 1.07. The molecular weight excluding hydrogens is 659 g/mol. The molecule has 2 heterocycles. The van der Waals surface area contributed by atoms with Gasteiger partial charge >= 0.3 is 0 Å². The zero-order valence-electron chi connectivity index (χ0n) is 29.3. The highest BCUT2D eigenvalue weighted by Gasteiger charge is 2.29. The third-order valence-corrected chi connectivity index (χ3v) is 10.0. The molecule has 0 unspecified atom stereocenters. The van der Waals surface area contributed by atoms with Gasteiger partial charge in [0.2, 0.25) is 0 Å². The zero-order valence-corrected chi connectivity index (χ0v) is 29.3. The fraction of sp³-hybridized carbons (Fsp3) is 0. The normalized spacial score (nSPS) is 11.7. The zero-order chi connectivity index (χ0) is 35.8. The molecule has 5 nitrogen and oxygen atoms in total. The van der Waals surface area contributed by atoms with E-state index in [1.54, 1.807) is 0 Å². The van der Waals surface area contributed by atoms with Crippen LogP contribution in [0.1, 0.15) is 0 Å². The highest BCUT2D eigenvalue weighted by Crippen LogP contribution is 2.54. The van der Waals surface area contributed by atoms with Gasteiger partial charge in [-0.05, 0) is 72.3 Å². The van der Waals surface area contributed by atoms with Crippen LogP contribution in [0.3, 0.4) is 0 Å². The third kappa shape index (κ3) is 5.47. The minimum atomic E-state index is 0.628. The quantitative estimate of drug-likeness (QED) is 0.166. The van der Waals surface area contributed by atoms with Crippen molar-refractivity contribution in [3.05, 3.63) is 200 Å². The topological polar surface area (TPSA) is 45.2 Å². The molecule has 0 bridgehead atoms. The highest BCUT2D eigenvalue weighted by atomic mass is 15.2. The van der Waals surface area contributed by atoms with Crippen molar-refractivity contribution in [1.29, 1.82) is 0 Å². The fourth-order valence-electron chi connectivity index (χ4n) is 7.57. The van der Waals surface area contributed by atoms with Crippen LogP contribution in [-0.2, 0) is 0 Å². The van der Waals surface area contributed by atoms with Crippen LogP contribution in [0.4, 0.5) is 34.1 Å². The first-order chi connectivity index (χ1) is 26.8. The number of benzene rings is 8. The Bertz CT molecular complexity index is 2660. The number of hydrogen-bond donors (Lipinski definition) is 0. The van der Waals surface area contributed by atoms with Crippen LogP contribution in [0, 0.1) is 0 Å². The number of rotatable bonds is 7. The van der Waals surface area contributed by atoms with Crippen molar-refractivity contribution in [2.75, 3.05) is 9.80 Å². The number of para-hydroxylation sites is 3. The van der Waals surface area contributed by atoms with Gasteiger partial charge in [-0.15, -0.1) is 0 Å². The number of hydrogen-bond acceptors (Lipinski definition) is 5. The molecule has 54 heavy (non-hydrogen) atoms. The van der Waals surface area contributed by atoms with Crippen LogP contribution in [0.25, 0.3) is 56.1 Å². The summed E-state index contributed by atoms with van der Waals surface area (Å²) in [5, 5.41) is 2.35. The second-order valence-corrected chi connectivity index (χ2v) is 13.3. The Morgan fingerprint density at radius 1 is 0.370 bits per heavy atom. The molecule has 0 fully saturated rings. The Morgan fingerprint density at radius 3 is 1.44 bits per heavy atom. The molecule has 254 valence electrons. The summed E-state index contributed by atoms with van der Waals surface area (Å²) in [6, 6.07) is 69.9. The van der Waals surface area contributed by atoms with E-state index in [9.17, 15) is 0 Å². The van der Waals surface area contributed by atoms with Gasteiger partial charge in [-0.25, -0.2) is 15.0 Å². The Balaban J connectivity index is 1.21. The molecule has 0 aliphatic carbocycles. The highest BCUT2D eigenvalue weighted by molar-refractivity contribution is 6.18. The van der Waals surface area contributed by atoms with Crippen molar-refractivity contribution in [3.63, 3.8) is 0 Å². The van der Waals surface area contributed by atoms with E-state index in [-0.39, 0.29) is 0 Å². The summed E-state index contributed by atoms with van der Waals surface area (Å²) in [5.41, 5.74) is 11.7. The van der Waals surface area contributed by atoms with Crippen LogP contribution in [0.2, 0.25) is 0 Å². The fourth-order valence-corrected chi connectivity index (χ4v) is 7.57. The summed E-state index contributed by atoms with van der Waals surface area (Å²) in [6.07, 6.45) is 0. The maximum absolute atomic E-state index is 5.08. The molecule has 0 radical (unpaired) electrons. The predicted octanol–water partition coefficient (Wildman–Crippen LogP) is 12.9. The van der Waals surface area contributed by atoms with Gasteiger partial charge in [-0.1, -0.05) is 133 Å². The van der Waals surface area contributed by atoms with Crippen LogP contribution in [0.5, 0.6) is 0 Å². The maximum Gasteiger partial charge on any atom is 0.164 e. The number of fused-ring (bicyclic) bond motifs is 2. The van der Waals surface area contributed by atoms with E-state index in [2.05, 4.69) is 149 Å². The summed E-state index contributed by atoms with van der Waals surface area (Å²) < 4.78 is 0. The van der Waals surface area contributed by atoms with Gasteiger partial charge in [0.1, 0.15) is 0 Å². The van der Waals surface area contributed by atoms with Gasteiger partial charge in [0.15, 0.2) is 17.5 Å². The Kier molecular flexibility index (Phi) is 7.73. The molecule has 0 spiro atoms. The summed E-state index contributed by atoms with van der Waals surface area (Å²) in [7, 11) is 0. The van der Waals surface area contributed by atoms with E-state index in [1.807, 2.05) is 60.7 Å². The van der Waals surface area contributed by atoms with E-state index >= 15 is 0 Å². The maximum atomic E-state index is 5.08. The molecule has 10 rings (SSSR count). The lowest BCUT2D eigenvalue weighted by atomic mass is 9.88. The van der Waals surface area contributed by atoms with E-state index < -0.39 is 0 Å². The summed E-state index contributed by atoms with van der Waals surface area (Å²) >= 11 is 0. The molecule has 0 atom stereocenters. The number of nitrogens with zero attached hydrogens (tertiary/aromatic N) is 5. The smallest absolute Gasteiger partial charge is 0.164 e. The van der Waals surface area contributed by atoms with Crippen molar-refractivity contribution in [2.24, 2.45) is 0 Å². The number of anilines is 6. The summed E-state index contributed by atoms with van der Waals surface area (Å²) in [4.78, 5) is 19.8. The molecule has 1 aromatic heterocycles. The molecule has 0 N–H and O–H groups in total. The first kappa shape index (κ1) is 31.4. The Labute approximate surface area is 314 Å². The van der Waals surface area contributed by atoms with Crippen molar-refractivity contribution in [3.8, 4) is 45.3 Å². The standard InChI is InChI=1S/C49H33N5/c1-6-17-34(18-7-1)47-50-48(35-19-8-2-9-20-35)52-49(51-47)36-29-30-44-42(33-36)40-27-16-28-41-43(31-32-45(46(40)41)54(44)39-25-14-5-15-26-39)53(37-21-10-3-11-22-37)38-23-12-4-13-24-38/h1-33H. The van der Waals surface area contributed by atoms with Crippen molar-refractivity contribution < 1.29 is 0 Å². The summed E-state index contributed by atoms with van der Waals surface area (Å²) in [6.45, 7) is 0. The first-order valence-corrected chi connectivity index (χ1v) is 18.1. The molecule has 1 aliphatic rings. The van der Waals surface area contributed by atoms with Crippen molar-refractivity contribution in [2.45, 2.75) is 0 Å². The number of aromatic nitrogens is 3. The lowest BCUT2D eigenvalue weighted by Gasteiger charge is -2.35. The third-order valence-electron chi connectivity index (χ3n) is 10.0. The molecule has 5 heteroatoms. The molecule has 8 aromatic carbocycles. The Hall–Kier alpha value is -7.37. The van der Waals surface area contributed by atoms with E-state index in [0.29, 0.717) is 17.5 Å². The van der Waals surface area contributed by atoms with Crippen LogP contribution in [-0.4, -0.2) is 15.0 Å². The first-order valence-electron chi connectivity index (χ1n) is 18.1. The van der Waals surface area contributed by atoms with Gasteiger partial charge in [-0.3, -0.25) is 0 Å². The monoisotopic (exact) mass is 691 g/mol. The van der Waals surface area contributed by atoms with Crippen molar-refractivity contribution in [1.82, 2.24) is 15.0 Å². The minimum absolute atomic E-state index is 0.628. The SMILES string of the molecule is c1ccc(-c2nc(-c3ccccc3)nc(-c3ccc4c(c3)-c3cccc5c(N(c6ccccc6)c6ccccc6)ccc(c35)N4c3ccccc3)n2)cc1.